The van der Waals surface area contributed by atoms with Gasteiger partial charge in [-0.1, -0.05) is 13.8 Å². The Labute approximate surface area is 81.6 Å². The van der Waals surface area contributed by atoms with Crippen molar-refractivity contribution in [2.45, 2.75) is 20.4 Å². The quantitative estimate of drug-likeness (QED) is 0.626. The van der Waals surface area contributed by atoms with Crippen molar-refractivity contribution in [2.24, 2.45) is 5.92 Å². The molecule has 0 saturated heterocycles. The lowest BCUT2D eigenvalue weighted by atomic mass is 10.2. The molecular formula is C9H15N3O2. The topological polar surface area (TPSA) is 77.8 Å². The molecule has 0 bridgehead atoms. The predicted octanol–water partition coefficient (Wildman–Crippen LogP) is -0.191. The zero-order chi connectivity index (χ0) is 10.6. The van der Waals surface area contributed by atoms with Crippen LogP contribution in [0.2, 0.25) is 0 Å². The fourth-order valence-corrected chi connectivity index (χ4v) is 1.11. The zero-order valence-electron chi connectivity index (χ0n) is 8.39. The van der Waals surface area contributed by atoms with Crippen LogP contribution < -0.4 is 16.6 Å². The van der Waals surface area contributed by atoms with Gasteiger partial charge < -0.3 is 10.3 Å². The molecule has 1 aromatic heterocycles. The molecule has 3 N–H and O–H groups in total. The van der Waals surface area contributed by atoms with Crippen molar-refractivity contribution in [3.8, 4) is 0 Å². The third-order valence-corrected chi connectivity index (χ3v) is 1.68. The standard InChI is InChI=1S/C9H15N3O2/c1-6(2)4-10-5-7-3-8(13)12-9(14)11-7/h3,6,10H,4-5H2,1-2H3,(H2,11,12,13,14). The number of rotatable bonds is 4. The Morgan fingerprint density at radius 3 is 2.64 bits per heavy atom. The van der Waals surface area contributed by atoms with Crippen molar-refractivity contribution in [3.63, 3.8) is 0 Å². The van der Waals surface area contributed by atoms with Crippen LogP contribution in [0.4, 0.5) is 0 Å². The van der Waals surface area contributed by atoms with Gasteiger partial charge >= 0.3 is 5.69 Å². The van der Waals surface area contributed by atoms with E-state index in [1.54, 1.807) is 0 Å². The highest BCUT2D eigenvalue weighted by atomic mass is 16.2. The van der Waals surface area contributed by atoms with Crippen molar-refractivity contribution < 1.29 is 0 Å². The van der Waals surface area contributed by atoms with Crippen LogP contribution in [-0.2, 0) is 6.54 Å². The maximum Gasteiger partial charge on any atom is 0.325 e. The first-order valence-corrected chi connectivity index (χ1v) is 4.61. The molecule has 14 heavy (non-hydrogen) atoms. The van der Waals surface area contributed by atoms with E-state index in [2.05, 4.69) is 29.1 Å². The molecule has 0 aromatic carbocycles. The Balaban J connectivity index is 2.59. The fraction of sp³-hybridized carbons (Fsp3) is 0.556. The number of hydrogen-bond acceptors (Lipinski definition) is 3. The van der Waals surface area contributed by atoms with Gasteiger partial charge in [-0.05, 0) is 12.5 Å². The van der Waals surface area contributed by atoms with Crippen molar-refractivity contribution >= 4 is 0 Å². The van der Waals surface area contributed by atoms with Crippen molar-refractivity contribution in [1.82, 2.24) is 15.3 Å². The molecule has 0 atom stereocenters. The van der Waals surface area contributed by atoms with Crippen molar-refractivity contribution in [1.29, 1.82) is 0 Å². The molecule has 0 spiro atoms. The van der Waals surface area contributed by atoms with E-state index in [0.29, 0.717) is 18.2 Å². The van der Waals surface area contributed by atoms with Crippen molar-refractivity contribution in [3.05, 3.63) is 32.6 Å². The molecule has 5 heteroatoms. The normalized spacial score (nSPS) is 10.8. The van der Waals surface area contributed by atoms with Gasteiger partial charge in [-0.3, -0.25) is 9.78 Å². The van der Waals surface area contributed by atoms with E-state index in [0.717, 1.165) is 6.54 Å². The lowest BCUT2D eigenvalue weighted by Crippen LogP contribution is -2.26. The lowest BCUT2D eigenvalue weighted by molar-refractivity contribution is 0.547. The summed E-state index contributed by atoms with van der Waals surface area (Å²) < 4.78 is 0. The van der Waals surface area contributed by atoms with E-state index >= 15 is 0 Å². The minimum absolute atomic E-state index is 0.366. The molecule has 0 radical (unpaired) electrons. The summed E-state index contributed by atoms with van der Waals surface area (Å²) >= 11 is 0. The SMILES string of the molecule is CC(C)CNCc1cc(=O)[nH]c(=O)[nH]1. The second kappa shape index (κ2) is 4.76. The molecular weight excluding hydrogens is 182 g/mol. The fourth-order valence-electron chi connectivity index (χ4n) is 1.11. The predicted molar refractivity (Wildman–Crippen MR) is 54.2 cm³/mol. The third kappa shape index (κ3) is 3.57. The van der Waals surface area contributed by atoms with Gasteiger partial charge in [0.25, 0.3) is 5.56 Å². The van der Waals surface area contributed by atoms with E-state index in [1.807, 2.05) is 0 Å². The van der Waals surface area contributed by atoms with Crippen LogP contribution in [0.5, 0.6) is 0 Å². The number of nitrogens with one attached hydrogen (secondary N) is 3. The summed E-state index contributed by atoms with van der Waals surface area (Å²) in [6.45, 7) is 5.55. The van der Waals surface area contributed by atoms with E-state index in [4.69, 9.17) is 0 Å². The van der Waals surface area contributed by atoms with Gasteiger partial charge in [-0.2, -0.15) is 0 Å². The molecule has 1 rings (SSSR count). The number of H-pyrrole nitrogens is 2. The first-order chi connectivity index (χ1) is 6.58. The van der Waals surface area contributed by atoms with Crippen LogP contribution in [0, 0.1) is 5.92 Å². The monoisotopic (exact) mass is 197 g/mol. The number of aromatic nitrogens is 2. The van der Waals surface area contributed by atoms with Gasteiger partial charge in [-0.15, -0.1) is 0 Å². The Hall–Kier alpha value is -1.36. The number of aromatic amines is 2. The van der Waals surface area contributed by atoms with Gasteiger partial charge in [0.2, 0.25) is 0 Å². The zero-order valence-corrected chi connectivity index (χ0v) is 8.39. The molecule has 78 valence electrons. The molecule has 0 saturated carbocycles. The van der Waals surface area contributed by atoms with Crippen LogP contribution in [-0.4, -0.2) is 16.5 Å². The molecule has 1 heterocycles. The van der Waals surface area contributed by atoms with Gasteiger partial charge in [0.05, 0.1) is 0 Å². The highest BCUT2D eigenvalue weighted by molar-refractivity contribution is 4.97. The molecule has 0 aliphatic carbocycles. The largest absolute Gasteiger partial charge is 0.325 e. The molecule has 0 fully saturated rings. The number of hydrogen-bond donors (Lipinski definition) is 3. The Morgan fingerprint density at radius 1 is 1.36 bits per heavy atom. The van der Waals surface area contributed by atoms with Crippen LogP contribution in [0.25, 0.3) is 0 Å². The Bertz CT molecular complexity index is 363. The first-order valence-electron chi connectivity index (χ1n) is 4.61. The van der Waals surface area contributed by atoms with Crippen molar-refractivity contribution in [2.75, 3.05) is 6.54 Å². The van der Waals surface area contributed by atoms with Gasteiger partial charge in [0, 0.05) is 18.3 Å². The summed E-state index contributed by atoms with van der Waals surface area (Å²) in [6.07, 6.45) is 0. The average molecular weight is 197 g/mol. The van der Waals surface area contributed by atoms with E-state index in [1.165, 1.54) is 6.07 Å². The summed E-state index contributed by atoms with van der Waals surface area (Å²) in [4.78, 5) is 26.4. The van der Waals surface area contributed by atoms with Crippen LogP contribution in [0.1, 0.15) is 19.5 Å². The van der Waals surface area contributed by atoms with Crippen LogP contribution >= 0.6 is 0 Å². The molecule has 0 aliphatic rings. The third-order valence-electron chi connectivity index (χ3n) is 1.68. The first kappa shape index (κ1) is 10.7. The van der Waals surface area contributed by atoms with E-state index < -0.39 is 5.69 Å². The molecule has 1 aromatic rings. The minimum Gasteiger partial charge on any atom is -0.311 e. The maximum absolute atomic E-state index is 10.9. The Kier molecular flexibility index (Phi) is 3.64. The summed E-state index contributed by atoms with van der Waals surface area (Å²) in [5.74, 6) is 0.545. The van der Waals surface area contributed by atoms with Gasteiger partial charge in [-0.25, -0.2) is 4.79 Å². The second-order valence-electron chi connectivity index (χ2n) is 3.64. The molecule has 5 nitrogen and oxygen atoms in total. The summed E-state index contributed by atoms with van der Waals surface area (Å²) in [6, 6.07) is 1.38. The second-order valence-corrected chi connectivity index (χ2v) is 3.64. The summed E-state index contributed by atoms with van der Waals surface area (Å²) in [5.41, 5.74) is -0.214. The minimum atomic E-state index is -0.459. The summed E-state index contributed by atoms with van der Waals surface area (Å²) in [5, 5.41) is 3.13. The average Bonchev–Trinajstić information content (AvgIpc) is 2.01. The van der Waals surface area contributed by atoms with Gasteiger partial charge in [0.15, 0.2) is 0 Å². The molecule has 0 unspecified atom stereocenters. The lowest BCUT2D eigenvalue weighted by Gasteiger charge is -2.06. The van der Waals surface area contributed by atoms with E-state index in [9.17, 15) is 9.59 Å². The molecule has 0 amide bonds. The van der Waals surface area contributed by atoms with Crippen LogP contribution in [0.3, 0.4) is 0 Å². The van der Waals surface area contributed by atoms with E-state index in [-0.39, 0.29) is 5.56 Å². The van der Waals surface area contributed by atoms with Gasteiger partial charge in [0.1, 0.15) is 0 Å². The highest BCUT2D eigenvalue weighted by Crippen LogP contribution is 1.89. The smallest absolute Gasteiger partial charge is 0.311 e. The summed E-state index contributed by atoms with van der Waals surface area (Å²) in [7, 11) is 0. The highest BCUT2D eigenvalue weighted by Gasteiger charge is 1.97. The Morgan fingerprint density at radius 2 is 2.07 bits per heavy atom. The maximum atomic E-state index is 10.9. The van der Waals surface area contributed by atoms with Crippen LogP contribution in [0.15, 0.2) is 15.7 Å². The molecule has 0 aliphatic heterocycles.